The summed E-state index contributed by atoms with van der Waals surface area (Å²) in [5, 5.41) is 2.93. The molecule has 7 nitrogen and oxygen atoms in total. The number of nitrogens with two attached hydrogens (primary N) is 1. The molecule has 2 amide bonds. The lowest BCUT2D eigenvalue weighted by Crippen LogP contribution is -2.41. The molecule has 3 N–H and O–H groups in total. The average Bonchev–Trinajstić information content (AvgIpc) is 3.32. The van der Waals surface area contributed by atoms with Crippen LogP contribution < -0.4 is 20.5 Å². The summed E-state index contributed by atoms with van der Waals surface area (Å²) >= 11 is 0. The van der Waals surface area contributed by atoms with Gasteiger partial charge in [-0.15, -0.1) is 0 Å². The number of amides is 2. The van der Waals surface area contributed by atoms with Crippen molar-refractivity contribution in [1.29, 1.82) is 0 Å². The smallest absolute Gasteiger partial charge is 0.255 e. The lowest BCUT2D eigenvalue weighted by Gasteiger charge is -2.32. The van der Waals surface area contributed by atoms with Crippen molar-refractivity contribution < 1.29 is 19.1 Å². The number of fused-ring (bicyclic) bond motifs is 1. The van der Waals surface area contributed by atoms with Crippen LogP contribution in [0.1, 0.15) is 40.1 Å². The largest absolute Gasteiger partial charge is 0.454 e. The first-order valence-electron chi connectivity index (χ1n) is 11.2. The van der Waals surface area contributed by atoms with Crippen LogP contribution in [0.4, 0.5) is 5.69 Å². The zero-order chi connectivity index (χ0) is 24.1. The normalized spacial score (nSPS) is 12.3. The van der Waals surface area contributed by atoms with E-state index in [1.165, 1.54) is 0 Å². The molecule has 0 spiro atoms. The van der Waals surface area contributed by atoms with Gasteiger partial charge < -0.3 is 25.4 Å². The first kappa shape index (κ1) is 23.3. The Morgan fingerprint density at radius 3 is 2.47 bits per heavy atom. The summed E-state index contributed by atoms with van der Waals surface area (Å²) in [5.41, 5.74) is 8.36. The number of anilines is 1. The van der Waals surface area contributed by atoms with Crippen molar-refractivity contribution >= 4 is 17.5 Å². The van der Waals surface area contributed by atoms with Crippen molar-refractivity contribution in [3.05, 3.63) is 89.5 Å². The van der Waals surface area contributed by atoms with Gasteiger partial charge in [0.15, 0.2) is 11.5 Å². The topological polar surface area (TPSA) is 93.9 Å². The molecule has 0 aliphatic carbocycles. The minimum Gasteiger partial charge on any atom is -0.454 e. The molecule has 0 unspecified atom stereocenters. The third-order valence-corrected chi connectivity index (χ3v) is 5.67. The molecule has 34 heavy (non-hydrogen) atoms. The lowest BCUT2D eigenvalue weighted by molar-refractivity contribution is 0.0672. The summed E-state index contributed by atoms with van der Waals surface area (Å²) in [6.07, 6.45) is 0. The first-order chi connectivity index (χ1) is 16.3. The van der Waals surface area contributed by atoms with Crippen LogP contribution in [-0.4, -0.2) is 36.6 Å². The maximum atomic E-state index is 13.5. The number of nitrogens with one attached hydrogen (secondary N) is 1. The van der Waals surface area contributed by atoms with E-state index in [1.54, 1.807) is 35.2 Å². The number of benzene rings is 3. The highest BCUT2D eigenvalue weighted by Gasteiger charge is 2.26. The van der Waals surface area contributed by atoms with E-state index in [0.717, 1.165) is 5.56 Å². The fraction of sp³-hybridized carbons (Fsp3) is 0.259. The minimum atomic E-state index is -0.273. The van der Waals surface area contributed by atoms with Gasteiger partial charge in [0.25, 0.3) is 11.8 Å². The summed E-state index contributed by atoms with van der Waals surface area (Å²) in [7, 11) is 0. The van der Waals surface area contributed by atoms with E-state index < -0.39 is 0 Å². The standard InChI is InChI=1S/C27H29N3O4/c1-27(2,16-28)17-30(26(32)21-11-12-23-24(14-21)34-18-33-23)15-19-7-6-10-22(13-19)29-25(31)20-8-4-3-5-9-20/h3-14H,15-18,28H2,1-2H3,(H,29,31). The van der Waals surface area contributed by atoms with E-state index in [2.05, 4.69) is 5.32 Å². The van der Waals surface area contributed by atoms with Crippen LogP contribution in [0.5, 0.6) is 11.5 Å². The predicted molar refractivity (Wildman–Crippen MR) is 131 cm³/mol. The molecule has 3 aromatic carbocycles. The second-order valence-electron chi connectivity index (χ2n) is 9.12. The van der Waals surface area contributed by atoms with Gasteiger partial charge >= 0.3 is 0 Å². The fourth-order valence-corrected chi connectivity index (χ4v) is 3.75. The van der Waals surface area contributed by atoms with Crippen molar-refractivity contribution in [1.82, 2.24) is 4.90 Å². The van der Waals surface area contributed by atoms with Gasteiger partial charge in [0.1, 0.15) is 0 Å². The monoisotopic (exact) mass is 459 g/mol. The van der Waals surface area contributed by atoms with Crippen LogP contribution in [0.25, 0.3) is 0 Å². The molecule has 0 atom stereocenters. The van der Waals surface area contributed by atoms with Gasteiger partial charge in [0, 0.05) is 29.9 Å². The number of carbonyl (C=O) groups is 2. The zero-order valence-corrected chi connectivity index (χ0v) is 19.4. The van der Waals surface area contributed by atoms with E-state index in [4.69, 9.17) is 15.2 Å². The molecule has 0 radical (unpaired) electrons. The molecule has 1 aliphatic rings. The minimum absolute atomic E-state index is 0.126. The van der Waals surface area contributed by atoms with E-state index in [-0.39, 0.29) is 24.0 Å². The zero-order valence-electron chi connectivity index (χ0n) is 19.4. The Morgan fingerprint density at radius 2 is 1.71 bits per heavy atom. The highest BCUT2D eigenvalue weighted by Crippen LogP contribution is 2.33. The molecule has 0 fully saturated rings. The van der Waals surface area contributed by atoms with Gasteiger partial charge in [0.05, 0.1) is 0 Å². The summed E-state index contributed by atoms with van der Waals surface area (Å²) in [6, 6.07) is 21.8. The Kier molecular flexibility index (Phi) is 6.84. The summed E-state index contributed by atoms with van der Waals surface area (Å²) in [4.78, 5) is 27.8. The quantitative estimate of drug-likeness (QED) is 0.524. The molecule has 1 aliphatic heterocycles. The average molecular weight is 460 g/mol. The maximum absolute atomic E-state index is 13.5. The summed E-state index contributed by atoms with van der Waals surface area (Å²) in [6.45, 7) is 5.49. The molecule has 0 aromatic heterocycles. The molecule has 4 rings (SSSR count). The van der Waals surface area contributed by atoms with Gasteiger partial charge in [-0.3, -0.25) is 9.59 Å². The Hall–Kier alpha value is -3.84. The van der Waals surface area contributed by atoms with E-state index in [0.29, 0.717) is 47.9 Å². The van der Waals surface area contributed by atoms with Crippen LogP contribution in [0.3, 0.4) is 0 Å². The Balaban J connectivity index is 1.55. The summed E-state index contributed by atoms with van der Waals surface area (Å²) in [5.74, 6) is 0.885. The number of nitrogens with zero attached hydrogens (tertiary/aromatic N) is 1. The Morgan fingerprint density at radius 1 is 0.941 bits per heavy atom. The summed E-state index contributed by atoms with van der Waals surface area (Å²) < 4.78 is 10.8. The van der Waals surface area contributed by atoms with Gasteiger partial charge in [-0.05, 0) is 60.0 Å². The predicted octanol–water partition coefficient (Wildman–Crippen LogP) is 4.29. The van der Waals surface area contributed by atoms with Gasteiger partial charge in [-0.2, -0.15) is 0 Å². The SMILES string of the molecule is CC(C)(CN)CN(Cc1cccc(NC(=O)c2ccccc2)c1)C(=O)c1ccc2c(c1)OCO2. The van der Waals surface area contributed by atoms with Gasteiger partial charge in [0.2, 0.25) is 6.79 Å². The second-order valence-corrected chi connectivity index (χ2v) is 9.12. The fourth-order valence-electron chi connectivity index (χ4n) is 3.75. The van der Waals surface area contributed by atoms with Crippen molar-refractivity contribution in [2.24, 2.45) is 11.1 Å². The number of rotatable bonds is 8. The lowest BCUT2D eigenvalue weighted by atomic mass is 9.92. The second kappa shape index (κ2) is 9.97. The van der Waals surface area contributed by atoms with E-state index in [1.807, 2.05) is 56.3 Å². The molecule has 1 heterocycles. The molecular formula is C27H29N3O4. The Labute approximate surface area is 199 Å². The molecule has 7 heteroatoms. The molecule has 176 valence electrons. The van der Waals surface area contributed by atoms with Crippen LogP contribution in [0, 0.1) is 5.41 Å². The number of carbonyl (C=O) groups excluding carboxylic acids is 2. The molecule has 0 saturated carbocycles. The highest BCUT2D eigenvalue weighted by molar-refractivity contribution is 6.04. The number of hydrogen-bond donors (Lipinski definition) is 2. The molecule has 3 aromatic rings. The van der Waals surface area contributed by atoms with Crippen molar-refractivity contribution in [3.63, 3.8) is 0 Å². The van der Waals surface area contributed by atoms with E-state index >= 15 is 0 Å². The first-order valence-corrected chi connectivity index (χ1v) is 11.2. The van der Waals surface area contributed by atoms with Gasteiger partial charge in [-0.1, -0.05) is 44.2 Å². The van der Waals surface area contributed by atoms with E-state index in [9.17, 15) is 9.59 Å². The highest BCUT2D eigenvalue weighted by atomic mass is 16.7. The van der Waals surface area contributed by atoms with Crippen LogP contribution >= 0.6 is 0 Å². The molecule has 0 saturated heterocycles. The third-order valence-electron chi connectivity index (χ3n) is 5.67. The molecular weight excluding hydrogens is 430 g/mol. The van der Waals surface area contributed by atoms with Gasteiger partial charge in [-0.25, -0.2) is 0 Å². The Bertz CT molecular complexity index is 1180. The van der Waals surface area contributed by atoms with Crippen molar-refractivity contribution in [3.8, 4) is 11.5 Å². The third kappa shape index (κ3) is 5.55. The van der Waals surface area contributed by atoms with Crippen LogP contribution in [0.2, 0.25) is 0 Å². The maximum Gasteiger partial charge on any atom is 0.255 e. The van der Waals surface area contributed by atoms with Crippen LogP contribution in [0.15, 0.2) is 72.8 Å². The number of ether oxygens (including phenoxy) is 2. The van der Waals surface area contributed by atoms with Crippen LogP contribution in [-0.2, 0) is 6.54 Å². The van der Waals surface area contributed by atoms with Crippen molar-refractivity contribution in [2.75, 3.05) is 25.2 Å². The van der Waals surface area contributed by atoms with Crippen molar-refractivity contribution in [2.45, 2.75) is 20.4 Å². The molecule has 0 bridgehead atoms. The number of hydrogen-bond acceptors (Lipinski definition) is 5.